The maximum absolute atomic E-state index is 11.4. The van der Waals surface area contributed by atoms with Gasteiger partial charge in [-0.2, -0.15) is 4.98 Å². The summed E-state index contributed by atoms with van der Waals surface area (Å²) < 4.78 is 5.76. The predicted octanol–water partition coefficient (Wildman–Crippen LogP) is 4.83. The summed E-state index contributed by atoms with van der Waals surface area (Å²) in [5.41, 5.74) is 4.65. The molecule has 2 N–H and O–H groups in total. The van der Waals surface area contributed by atoms with E-state index >= 15 is 0 Å². The van der Waals surface area contributed by atoms with Crippen LogP contribution in [0.5, 0.6) is 11.8 Å². The zero-order chi connectivity index (χ0) is 23.8. The fourth-order valence-corrected chi connectivity index (χ4v) is 4.31. The average Bonchev–Trinajstić information content (AvgIpc) is 3.21. The van der Waals surface area contributed by atoms with E-state index in [0.29, 0.717) is 33.2 Å². The molecule has 0 radical (unpaired) electrons. The van der Waals surface area contributed by atoms with Crippen LogP contribution in [0.2, 0.25) is 5.02 Å². The van der Waals surface area contributed by atoms with Crippen molar-refractivity contribution < 1.29 is 14.6 Å². The monoisotopic (exact) mass is 477 g/mol. The van der Waals surface area contributed by atoms with Crippen LogP contribution >= 0.6 is 11.6 Å². The number of H-pyrrole nitrogens is 1. The molecule has 0 bridgehead atoms. The second-order valence-corrected chi connectivity index (χ2v) is 8.86. The highest BCUT2D eigenvalue weighted by Gasteiger charge is 2.16. The maximum atomic E-state index is 11.4. The Balaban J connectivity index is 1.39. The van der Waals surface area contributed by atoms with Gasteiger partial charge in [0, 0.05) is 37.4 Å². The number of halogens is 1. The first-order chi connectivity index (χ1) is 16.4. The summed E-state index contributed by atoms with van der Waals surface area (Å²) >= 11 is 6.55. The minimum atomic E-state index is -1.01. The summed E-state index contributed by atoms with van der Waals surface area (Å²) in [5.74, 6) is -0.642. The van der Waals surface area contributed by atoms with E-state index in [1.165, 1.54) is 11.8 Å². The molecule has 0 saturated carbocycles. The number of benzene rings is 2. The number of ether oxygens (including phenoxy) is 1. The number of piperazine rings is 1. The van der Waals surface area contributed by atoms with Gasteiger partial charge in [0.15, 0.2) is 5.65 Å². The standard InChI is InChI=1S/C25H24ClN5O3/c1-15-3-8-18(13-19(15)24(32)33)34-25-27-21-14-20(26)22(28-23(21)29-25)16-4-6-17(7-5-16)31-11-9-30(2)10-12-31/h3-8,13-14H,9-12H2,1-2H3,(H,32,33)(H,27,28,29). The van der Waals surface area contributed by atoms with Crippen LogP contribution in [0.1, 0.15) is 15.9 Å². The van der Waals surface area contributed by atoms with Crippen LogP contribution in [-0.2, 0) is 0 Å². The van der Waals surface area contributed by atoms with Gasteiger partial charge in [-0.1, -0.05) is 29.8 Å². The van der Waals surface area contributed by atoms with E-state index in [9.17, 15) is 9.90 Å². The molecular weight excluding hydrogens is 454 g/mol. The van der Waals surface area contributed by atoms with Crippen LogP contribution in [0, 0.1) is 6.92 Å². The third-order valence-corrected chi connectivity index (χ3v) is 6.36. The average molecular weight is 478 g/mol. The number of nitrogens with one attached hydrogen (secondary N) is 1. The molecule has 0 atom stereocenters. The van der Waals surface area contributed by atoms with Crippen molar-refractivity contribution in [2.24, 2.45) is 0 Å². The molecule has 3 heterocycles. The molecular formula is C25H24ClN5O3. The van der Waals surface area contributed by atoms with Gasteiger partial charge in [0.2, 0.25) is 0 Å². The number of imidazole rings is 1. The summed E-state index contributed by atoms with van der Waals surface area (Å²) in [6, 6.07) is 15.1. The summed E-state index contributed by atoms with van der Waals surface area (Å²) in [6.45, 7) is 5.85. The number of carboxylic acids is 1. The van der Waals surface area contributed by atoms with Crippen LogP contribution in [-0.4, -0.2) is 64.2 Å². The molecule has 0 aliphatic carbocycles. The number of aromatic amines is 1. The highest BCUT2D eigenvalue weighted by atomic mass is 35.5. The Labute approximate surface area is 201 Å². The lowest BCUT2D eigenvalue weighted by atomic mass is 10.1. The molecule has 0 spiro atoms. The third-order valence-electron chi connectivity index (χ3n) is 6.07. The van der Waals surface area contributed by atoms with E-state index in [2.05, 4.69) is 43.9 Å². The molecule has 0 unspecified atom stereocenters. The molecule has 9 heteroatoms. The Bertz CT molecular complexity index is 1360. The molecule has 1 aliphatic heterocycles. The maximum Gasteiger partial charge on any atom is 0.336 e. The minimum absolute atomic E-state index is 0.178. The first-order valence-electron chi connectivity index (χ1n) is 11.0. The zero-order valence-corrected chi connectivity index (χ0v) is 19.6. The molecule has 4 aromatic rings. The van der Waals surface area contributed by atoms with Crippen molar-refractivity contribution in [3.8, 4) is 23.0 Å². The van der Waals surface area contributed by atoms with Crippen molar-refractivity contribution in [3.63, 3.8) is 0 Å². The summed E-state index contributed by atoms with van der Waals surface area (Å²) in [7, 11) is 2.14. The molecule has 2 aromatic heterocycles. The molecule has 34 heavy (non-hydrogen) atoms. The highest BCUT2D eigenvalue weighted by Crippen LogP contribution is 2.32. The van der Waals surface area contributed by atoms with Gasteiger partial charge in [0.25, 0.3) is 0 Å². The fourth-order valence-electron chi connectivity index (χ4n) is 4.05. The van der Waals surface area contributed by atoms with E-state index in [0.717, 1.165) is 31.7 Å². The van der Waals surface area contributed by atoms with E-state index in [-0.39, 0.29) is 11.6 Å². The van der Waals surface area contributed by atoms with Crippen molar-refractivity contribution in [3.05, 3.63) is 64.7 Å². The lowest BCUT2D eigenvalue weighted by Crippen LogP contribution is -2.44. The van der Waals surface area contributed by atoms with Crippen LogP contribution < -0.4 is 9.64 Å². The second-order valence-electron chi connectivity index (χ2n) is 8.45. The lowest BCUT2D eigenvalue weighted by Gasteiger charge is -2.34. The number of aromatic carboxylic acids is 1. The molecule has 1 saturated heterocycles. The summed E-state index contributed by atoms with van der Waals surface area (Å²) in [6.07, 6.45) is 0. The molecule has 1 aliphatic rings. The number of carboxylic acid groups (broad SMARTS) is 1. The van der Waals surface area contributed by atoms with Gasteiger partial charge in [-0.05, 0) is 49.9 Å². The first kappa shape index (κ1) is 22.2. The van der Waals surface area contributed by atoms with E-state index in [4.69, 9.17) is 16.3 Å². The number of anilines is 1. The van der Waals surface area contributed by atoms with Crippen LogP contribution in [0.4, 0.5) is 5.69 Å². The molecule has 8 nitrogen and oxygen atoms in total. The largest absolute Gasteiger partial charge is 0.478 e. The SMILES string of the molecule is Cc1ccc(Oc2nc3nc(-c4ccc(N5CCN(C)CC5)cc4)c(Cl)cc3[nH]2)cc1C(=O)O. The van der Waals surface area contributed by atoms with Gasteiger partial charge in [0.1, 0.15) is 5.75 Å². The van der Waals surface area contributed by atoms with Crippen molar-refractivity contribution in [1.82, 2.24) is 19.9 Å². The van der Waals surface area contributed by atoms with E-state index in [1.807, 2.05) is 12.1 Å². The first-order valence-corrected chi connectivity index (χ1v) is 11.4. The molecule has 0 amide bonds. The van der Waals surface area contributed by atoms with Crippen LogP contribution in [0.25, 0.3) is 22.4 Å². The number of aryl methyl sites for hydroxylation is 1. The lowest BCUT2D eigenvalue weighted by molar-refractivity contribution is 0.0695. The number of hydrogen-bond donors (Lipinski definition) is 2. The third kappa shape index (κ3) is 4.42. The quantitative estimate of drug-likeness (QED) is 0.425. The zero-order valence-electron chi connectivity index (χ0n) is 18.9. The number of rotatable bonds is 5. The number of likely N-dealkylation sites (N-methyl/N-ethyl adjacent to an activating group) is 1. The second kappa shape index (κ2) is 8.96. The topological polar surface area (TPSA) is 94.6 Å². The van der Waals surface area contributed by atoms with Crippen molar-refractivity contribution in [2.75, 3.05) is 38.1 Å². The highest BCUT2D eigenvalue weighted by molar-refractivity contribution is 6.33. The number of hydrogen-bond acceptors (Lipinski definition) is 6. The minimum Gasteiger partial charge on any atom is -0.478 e. The predicted molar refractivity (Wildman–Crippen MR) is 132 cm³/mol. The Hall–Kier alpha value is -3.62. The number of pyridine rings is 1. The smallest absolute Gasteiger partial charge is 0.336 e. The Kier molecular flexibility index (Phi) is 5.85. The summed E-state index contributed by atoms with van der Waals surface area (Å²) in [5, 5.41) is 9.83. The molecule has 1 fully saturated rings. The van der Waals surface area contributed by atoms with Gasteiger partial charge in [0.05, 0.1) is 21.8 Å². The van der Waals surface area contributed by atoms with Gasteiger partial charge in [-0.25, -0.2) is 9.78 Å². The number of nitrogens with zero attached hydrogens (tertiary/aromatic N) is 4. The van der Waals surface area contributed by atoms with Gasteiger partial charge in [-0.15, -0.1) is 0 Å². The Morgan fingerprint density at radius 1 is 1.06 bits per heavy atom. The van der Waals surface area contributed by atoms with Crippen LogP contribution in [0.3, 0.4) is 0 Å². The fraction of sp³-hybridized carbons (Fsp3) is 0.240. The van der Waals surface area contributed by atoms with E-state index < -0.39 is 5.97 Å². The van der Waals surface area contributed by atoms with Gasteiger partial charge >= 0.3 is 12.0 Å². The number of carbonyl (C=O) groups is 1. The van der Waals surface area contributed by atoms with E-state index in [1.54, 1.807) is 25.1 Å². The Morgan fingerprint density at radius 3 is 2.50 bits per heavy atom. The molecule has 2 aromatic carbocycles. The number of aromatic nitrogens is 3. The van der Waals surface area contributed by atoms with Crippen molar-refractivity contribution >= 4 is 34.4 Å². The van der Waals surface area contributed by atoms with Crippen molar-refractivity contribution in [1.29, 1.82) is 0 Å². The van der Waals surface area contributed by atoms with Crippen molar-refractivity contribution in [2.45, 2.75) is 6.92 Å². The normalized spacial score (nSPS) is 14.5. The van der Waals surface area contributed by atoms with Gasteiger partial charge < -0.3 is 24.6 Å². The molecule has 174 valence electrons. The van der Waals surface area contributed by atoms with Crippen LogP contribution in [0.15, 0.2) is 48.5 Å². The number of fused-ring (bicyclic) bond motifs is 1. The summed E-state index contributed by atoms with van der Waals surface area (Å²) in [4.78, 5) is 28.2. The van der Waals surface area contributed by atoms with Gasteiger partial charge in [-0.3, -0.25) is 0 Å². The molecule has 5 rings (SSSR count). The Morgan fingerprint density at radius 2 is 1.79 bits per heavy atom.